The van der Waals surface area contributed by atoms with E-state index in [2.05, 4.69) is 16.9 Å². The summed E-state index contributed by atoms with van der Waals surface area (Å²) in [4.78, 5) is 12.1. The van der Waals surface area contributed by atoms with Gasteiger partial charge in [-0.25, -0.2) is 13.1 Å². The van der Waals surface area contributed by atoms with Crippen molar-refractivity contribution in [3.63, 3.8) is 0 Å². The van der Waals surface area contributed by atoms with Crippen LogP contribution in [0.1, 0.15) is 36.8 Å². The van der Waals surface area contributed by atoms with E-state index in [0.29, 0.717) is 19.3 Å². The van der Waals surface area contributed by atoms with E-state index >= 15 is 0 Å². The van der Waals surface area contributed by atoms with Gasteiger partial charge in [0.25, 0.3) is 0 Å². The molecule has 0 saturated heterocycles. The highest BCUT2D eigenvalue weighted by molar-refractivity contribution is 7.89. The highest BCUT2D eigenvalue weighted by Gasteiger charge is 2.13. The molecule has 0 heterocycles. The minimum absolute atomic E-state index is 0.186. The van der Waals surface area contributed by atoms with Crippen LogP contribution in [0.4, 0.5) is 0 Å². The summed E-state index contributed by atoms with van der Waals surface area (Å²) in [5, 5.41) is 0. The molecule has 2 aromatic carbocycles. The van der Waals surface area contributed by atoms with Crippen molar-refractivity contribution in [3.8, 4) is 0 Å². The van der Waals surface area contributed by atoms with E-state index in [-0.39, 0.29) is 17.2 Å². The van der Waals surface area contributed by atoms with Gasteiger partial charge in [-0.2, -0.15) is 0 Å². The Morgan fingerprint density at radius 1 is 0.920 bits per heavy atom. The van der Waals surface area contributed by atoms with Crippen molar-refractivity contribution >= 4 is 15.8 Å². The van der Waals surface area contributed by atoms with Crippen molar-refractivity contribution in [2.75, 3.05) is 6.54 Å². The number of carbonyl (C=O) groups is 1. The van der Waals surface area contributed by atoms with E-state index in [9.17, 15) is 13.2 Å². The molecule has 2 rings (SSSR count). The van der Waals surface area contributed by atoms with E-state index in [0.717, 1.165) is 18.4 Å². The van der Waals surface area contributed by atoms with Crippen molar-refractivity contribution in [1.82, 2.24) is 4.72 Å². The normalized spacial score (nSPS) is 11.4. The highest BCUT2D eigenvalue weighted by Crippen LogP contribution is 2.10. The highest BCUT2D eigenvalue weighted by atomic mass is 32.2. The van der Waals surface area contributed by atoms with Crippen LogP contribution in [0.3, 0.4) is 0 Å². The van der Waals surface area contributed by atoms with Crippen LogP contribution in [0.5, 0.6) is 0 Å². The van der Waals surface area contributed by atoms with E-state index in [4.69, 9.17) is 0 Å². The van der Waals surface area contributed by atoms with Gasteiger partial charge >= 0.3 is 0 Å². The first-order chi connectivity index (χ1) is 12.0. The largest absolute Gasteiger partial charge is 0.300 e. The van der Waals surface area contributed by atoms with Crippen molar-refractivity contribution in [1.29, 1.82) is 0 Å². The van der Waals surface area contributed by atoms with Gasteiger partial charge in [0.15, 0.2) is 0 Å². The molecule has 0 atom stereocenters. The Bertz CT molecular complexity index is 768. The molecule has 0 amide bonds. The summed E-state index contributed by atoms with van der Waals surface area (Å²) in [7, 11) is -3.49. The van der Waals surface area contributed by atoms with Crippen LogP contribution in [0.15, 0.2) is 59.5 Å². The zero-order valence-electron chi connectivity index (χ0n) is 14.6. The van der Waals surface area contributed by atoms with Gasteiger partial charge in [0.1, 0.15) is 5.78 Å². The second-order valence-corrected chi connectivity index (χ2v) is 7.96. The summed E-state index contributed by atoms with van der Waals surface area (Å²) >= 11 is 0. The number of Topliss-reactive ketones (excluding diaryl/α,β-unsaturated/α-hetero) is 1. The molecule has 0 saturated carbocycles. The maximum atomic E-state index is 12.1. The summed E-state index contributed by atoms with van der Waals surface area (Å²) in [5.41, 5.74) is 2.25. The smallest absolute Gasteiger partial charge is 0.240 e. The Hall–Kier alpha value is -1.98. The molecular weight excluding hydrogens is 334 g/mol. The van der Waals surface area contributed by atoms with Crippen LogP contribution in [0.2, 0.25) is 0 Å². The molecule has 1 N–H and O–H groups in total. The van der Waals surface area contributed by atoms with Crippen LogP contribution < -0.4 is 4.72 Å². The Morgan fingerprint density at radius 3 is 2.24 bits per heavy atom. The Kier molecular flexibility index (Phi) is 7.34. The molecule has 0 aliphatic heterocycles. The lowest BCUT2D eigenvalue weighted by molar-refractivity contribution is -0.119. The van der Waals surface area contributed by atoms with E-state index in [1.54, 1.807) is 24.3 Å². The topological polar surface area (TPSA) is 63.2 Å². The molecule has 0 aliphatic rings. The second kappa shape index (κ2) is 9.49. The first-order valence-corrected chi connectivity index (χ1v) is 10.1. The fourth-order valence-electron chi connectivity index (χ4n) is 2.55. The quantitative estimate of drug-likeness (QED) is 0.659. The fourth-order valence-corrected chi connectivity index (χ4v) is 3.63. The molecule has 2 aromatic rings. The Labute approximate surface area is 150 Å². The van der Waals surface area contributed by atoms with Gasteiger partial charge in [0.2, 0.25) is 10.0 Å². The molecule has 134 valence electrons. The third-order valence-electron chi connectivity index (χ3n) is 4.02. The molecule has 4 nitrogen and oxygen atoms in total. The van der Waals surface area contributed by atoms with Crippen LogP contribution in [-0.4, -0.2) is 20.7 Å². The molecule has 0 spiro atoms. The van der Waals surface area contributed by atoms with Gasteiger partial charge < -0.3 is 0 Å². The molecule has 5 heteroatoms. The predicted octanol–water partition coefficient (Wildman–Crippen LogP) is 3.65. The van der Waals surface area contributed by atoms with Gasteiger partial charge in [-0.1, -0.05) is 48.0 Å². The summed E-state index contributed by atoms with van der Waals surface area (Å²) < 4.78 is 26.8. The first-order valence-electron chi connectivity index (χ1n) is 8.59. The van der Waals surface area contributed by atoms with Crippen molar-refractivity contribution in [2.24, 2.45) is 0 Å². The average Bonchev–Trinajstić information content (AvgIpc) is 2.60. The van der Waals surface area contributed by atoms with E-state index < -0.39 is 10.0 Å². The summed E-state index contributed by atoms with van der Waals surface area (Å²) in [6.45, 7) is 2.19. The Morgan fingerprint density at radius 2 is 1.56 bits per heavy atom. The number of ketones is 1. The summed E-state index contributed by atoms with van der Waals surface area (Å²) in [5.74, 6) is 0.186. The third kappa shape index (κ3) is 6.80. The van der Waals surface area contributed by atoms with Gasteiger partial charge in [0.05, 0.1) is 4.90 Å². The second-order valence-electron chi connectivity index (χ2n) is 6.19. The minimum atomic E-state index is -3.49. The lowest BCUT2D eigenvalue weighted by Crippen LogP contribution is -2.25. The first kappa shape index (κ1) is 19.3. The third-order valence-corrected chi connectivity index (χ3v) is 5.50. The SMILES string of the molecule is Cc1ccc(S(=O)(=O)NCCCC(=O)CCCc2ccccc2)cc1. The average molecular weight is 359 g/mol. The number of carbonyl (C=O) groups excluding carboxylic acids is 1. The predicted molar refractivity (Wildman–Crippen MR) is 100.0 cm³/mol. The molecule has 25 heavy (non-hydrogen) atoms. The Balaban J connectivity index is 1.65. The van der Waals surface area contributed by atoms with Crippen LogP contribution >= 0.6 is 0 Å². The number of benzene rings is 2. The van der Waals surface area contributed by atoms with Crippen LogP contribution in [0, 0.1) is 6.92 Å². The molecule has 0 radical (unpaired) electrons. The minimum Gasteiger partial charge on any atom is -0.300 e. The number of hydrogen-bond acceptors (Lipinski definition) is 3. The lowest BCUT2D eigenvalue weighted by Gasteiger charge is -2.07. The molecular formula is C20H25NO3S. The summed E-state index contributed by atoms with van der Waals surface area (Å²) in [6.07, 6.45) is 3.20. The molecule has 0 aromatic heterocycles. The van der Waals surface area contributed by atoms with Gasteiger partial charge in [0, 0.05) is 19.4 Å². The van der Waals surface area contributed by atoms with E-state index in [1.165, 1.54) is 5.56 Å². The zero-order chi connectivity index (χ0) is 18.1. The number of nitrogens with one attached hydrogen (secondary N) is 1. The van der Waals surface area contributed by atoms with Gasteiger partial charge in [-0.3, -0.25) is 4.79 Å². The standard InChI is InChI=1S/C20H25NO3S/c1-17-12-14-20(15-13-17)25(23,24)21-16-6-11-19(22)10-5-9-18-7-3-2-4-8-18/h2-4,7-8,12-15,21H,5-6,9-11,16H2,1H3. The fraction of sp³-hybridized carbons (Fsp3) is 0.350. The maximum Gasteiger partial charge on any atom is 0.240 e. The monoisotopic (exact) mass is 359 g/mol. The molecule has 0 bridgehead atoms. The van der Waals surface area contributed by atoms with Gasteiger partial charge in [-0.05, 0) is 43.9 Å². The molecule has 0 aliphatic carbocycles. The van der Waals surface area contributed by atoms with Crippen molar-refractivity contribution in [2.45, 2.75) is 43.9 Å². The summed E-state index contributed by atoms with van der Waals surface area (Å²) in [6, 6.07) is 16.8. The van der Waals surface area contributed by atoms with Crippen LogP contribution in [0.25, 0.3) is 0 Å². The molecule has 0 unspecified atom stereocenters. The maximum absolute atomic E-state index is 12.1. The lowest BCUT2D eigenvalue weighted by atomic mass is 10.0. The number of aryl methyl sites for hydroxylation is 2. The zero-order valence-corrected chi connectivity index (χ0v) is 15.4. The number of sulfonamides is 1. The van der Waals surface area contributed by atoms with Crippen molar-refractivity contribution in [3.05, 3.63) is 65.7 Å². The van der Waals surface area contributed by atoms with Crippen LogP contribution in [-0.2, 0) is 21.2 Å². The number of hydrogen-bond donors (Lipinski definition) is 1. The van der Waals surface area contributed by atoms with E-state index in [1.807, 2.05) is 25.1 Å². The van der Waals surface area contributed by atoms with Gasteiger partial charge in [-0.15, -0.1) is 0 Å². The molecule has 0 fully saturated rings. The van der Waals surface area contributed by atoms with Crippen molar-refractivity contribution < 1.29 is 13.2 Å². The number of rotatable bonds is 10.